The van der Waals surface area contributed by atoms with Gasteiger partial charge in [-0.15, -0.1) is 0 Å². The molecule has 2 unspecified atom stereocenters. The number of carbonyl (C=O) groups is 1. The van der Waals surface area contributed by atoms with Crippen LogP contribution in [-0.2, 0) is 4.79 Å². The van der Waals surface area contributed by atoms with Gasteiger partial charge in [0, 0.05) is 6.42 Å². The van der Waals surface area contributed by atoms with E-state index >= 15 is 0 Å². The number of nitrogens with one attached hydrogen (secondary N) is 1. The van der Waals surface area contributed by atoms with Crippen molar-refractivity contribution in [3.8, 4) is 0 Å². The fourth-order valence-electron chi connectivity index (χ4n) is 11.2. The van der Waals surface area contributed by atoms with E-state index in [1.807, 2.05) is 0 Å². The first kappa shape index (κ1) is 78.6. The summed E-state index contributed by atoms with van der Waals surface area (Å²) in [5.41, 5.74) is 0. The third kappa shape index (κ3) is 68.2. The van der Waals surface area contributed by atoms with Crippen LogP contribution < -0.4 is 5.32 Å². The minimum absolute atomic E-state index is 0.0267. The van der Waals surface area contributed by atoms with Crippen LogP contribution in [0.3, 0.4) is 0 Å². The van der Waals surface area contributed by atoms with E-state index in [9.17, 15) is 15.0 Å². The van der Waals surface area contributed by atoms with Gasteiger partial charge in [0.05, 0.1) is 18.8 Å². The molecule has 0 aliphatic carbocycles. The van der Waals surface area contributed by atoms with Gasteiger partial charge in [0.2, 0.25) is 5.91 Å². The Bertz CT molecular complexity index is 1420. The van der Waals surface area contributed by atoms with Crippen molar-refractivity contribution in [1.29, 1.82) is 0 Å². The van der Waals surface area contributed by atoms with Gasteiger partial charge < -0.3 is 15.5 Å². The van der Waals surface area contributed by atoms with Crippen molar-refractivity contribution in [3.63, 3.8) is 0 Å². The minimum atomic E-state index is -0.664. The van der Waals surface area contributed by atoms with Crippen molar-refractivity contribution < 1.29 is 15.0 Å². The van der Waals surface area contributed by atoms with Crippen molar-refractivity contribution >= 4 is 5.91 Å². The molecule has 0 fully saturated rings. The Kier molecular flexibility index (Phi) is 69.7. The van der Waals surface area contributed by atoms with Crippen LogP contribution in [0.5, 0.6) is 0 Å². The number of hydrogen-bond donors (Lipinski definition) is 3. The molecule has 0 rings (SSSR count). The molecule has 0 aromatic heterocycles. The summed E-state index contributed by atoms with van der Waals surface area (Å²) in [7, 11) is 0. The number of aliphatic hydroxyl groups excluding tert-OH is 2. The standard InChI is InChI=1S/C77H141NO3/c1-3-5-7-9-11-13-15-17-19-21-23-25-27-29-31-33-35-36-37-38-39-40-41-42-43-45-47-49-51-53-55-57-59-61-63-65-67-69-71-73-77(81)78-75(74-79)76(80)72-70-68-66-64-62-60-58-56-54-52-50-48-46-44-34-32-30-28-26-24-22-20-18-16-14-12-10-8-6-4-2/h5,7,11,13,17,19,23,25,29,31,35-36,38-39,75-76,79-80H,3-4,6,8-10,12,14-16,18,20-22,24,26-28,30,32-34,37,40-74H2,1-2H3,(H,78,81)/b7-5-,13-11-,19-17-,25-23-,31-29-,36-35-,39-38-. The highest BCUT2D eigenvalue weighted by Gasteiger charge is 2.20. The van der Waals surface area contributed by atoms with Crippen molar-refractivity contribution in [3.05, 3.63) is 85.1 Å². The average Bonchev–Trinajstić information content (AvgIpc) is 3.47. The number of unbranched alkanes of at least 4 members (excludes halogenated alkanes) is 46. The van der Waals surface area contributed by atoms with Gasteiger partial charge in [0.15, 0.2) is 0 Å². The van der Waals surface area contributed by atoms with E-state index < -0.39 is 12.1 Å². The molecule has 0 saturated heterocycles. The molecule has 0 aliphatic heterocycles. The normalized spacial score (nSPS) is 13.2. The first-order valence-electron chi connectivity index (χ1n) is 36.3. The lowest BCUT2D eigenvalue weighted by atomic mass is 10.0. The topological polar surface area (TPSA) is 69.6 Å². The molecule has 0 aromatic carbocycles. The molecule has 3 N–H and O–H groups in total. The largest absolute Gasteiger partial charge is 0.394 e. The summed E-state index contributed by atoms with van der Waals surface area (Å²) < 4.78 is 0. The lowest BCUT2D eigenvalue weighted by Crippen LogP contribution is -2.45. The van der Waals surface area contributed by atoms with E-state index in [4.69, 9.17) is 0 Å². The summed E-state index contributed by atoms with van der Waals surface area (Å²) in [6.07, 6.45) is 105. The molecule has 0 aliphatic rings. The Labute approximate surface area is 507 Å². The zero-order valence-electron chi connectivity index (χ0n) is 54.6. The quantitative estimate of drug-likeness (QED) is 0.0420. The molecule has 0 spiro atoms. The van der Waals surface area contributed by atoms with E-state index in [0.717, 1.165) is 70.6 Å². The molecule has 1 amide bonds. The predicted octanol–water partition coefficient (Wildman–Crippen LogP) is 25.0. The molecule has 0 aromatic rings. The van der Waals surface area contributed by atoms with E-state index in [0.29, 0.717) is 12.8 Å². The molecule has 472 valence electrons. The van der Waals surface area contributed by atoms with Crippen LogP contribution >= 0.6 is 0 Å². The molecule has 0 bridgehead atoms. The van der Waals surface area contributed by atoms with Gasteiger partial charge in [-0.25, -0.2) is 0 Å². The van der Waals surface area contributed by atoms with Gasteiger partial charge in [0.1, 0.15) is 0 Å². The van der Waals surface area contributed by atoms with Gasteiger partial charge >= 0.3 is 0 Å². The Balaban J connectivity index is 3.43. The van der Waals surface area contributed by atoms with Crippen LogP contribution in [-0.4, -0.2) is 34.9 Å². The van der Waals surface area contributed by atoms with Crippen LogP contribution in [0.4, 0.5) is 0 Å². The third-order valence-corrected chi connectivity index (χ3v) is 16.7. The summed E-state index contributed by atoms with van der Waals surface area (Å²) in [5, 5.41) is 23.5. The zero-order valence-corrected chi connectivity index (χ0v) is 54.6. The molecule has 4 heteroatoms. The van der Waals surface area contributed by atoms with Crippen molar-refractivity contribution in [2.75, 3.05) is 6.61 Å². The Hall–Kier alpha value is -2.43. The number of rotatable bonds is 67. The summed E-state index contributed by atoms with van der Waals surface area (Å²) in [4.78, 5) is 12.6. The van der Waals surface area contributed by atoms with Gasteiger partial charge in [-0.05, 0) is 70.6 Å². The van der Waals surface area contributed by atoms with Gasteiger partial charge in [0.25, 0.3) is 0 Å². The highest BCUT2D eigenvalue weighted by atomic mass is 16.3. The van der Waals surface area contributed by atoms with Crippen molar-refractivity contribution in [2.24, 2.45) is 0 Å². The molecule has 4 nitrogen and oxygen atoms in total. The van der Waals surface area contributed by atoms with Crippen molar-refractivity contribution in [1.82, 2.24) is 5.32 Å². The SMILES string of the molecule is CC/C=C\C/C=C\C/C=C\C/C=C\C/C=C\C/C=C\C/C=C\CCCCCCCCCCCCCCCCCCCC(=O)NC(CO)C(O)CCCCCCCCCCCCCCCCCCCCCCCCCCCCCCCC. The fraction of sp³-hybridized carbons (Fsp3) is 0.805. The number of aliphatic hydroxyl groups is 2. The van der Waals surface area contributed by atoms with E-state index in [-0.39, 0.29) is 12.5 Å². The second-order valence-corrected chi connectivity index (χ2v) is 24.6. The highest BCUT2D eigenvalue weighted by Crippen LogP contribution is 2.19. The summed E-state index contributed by atoms with van der Waals surface area (Å²) in [6, 6.07) is -0.541. The second kappa shape index (κ2) is 71.8. The fourth-order valence-corrected chi connectivity index (χ4v) is 11.2. The van der Waals surface area contributed by atoms with E-state index in [2.05, 4.69) is 104 Å². The maximum atomic E-state index is 12.6. The van der Waals surface area contributed by atoms with Gasteiger partial charge in [-0.3, -0.25) is 4.79 Å². The van der Waals surface area contributed by atoms with Crippen LogP contribution in [0.2, 0.25) is 0 Å². The maximum Gasteiger partial charge on any atom is 0.220 e. The van der Waals surface area contributed by atoms with Gasteiger partial charge in [-0.1, -0.05) is 388 Å². The lowest BCUT2D eigenvalue weighted by molar-refractivity contribution is -0.123. The smallest absolute Gasteiger partial charge is 0.220 e. The minimum Gasteiger partial charge on any atom is -0.394 e. The van der Waals surface area contributed by atoms with Crippen LogP contribution in [0, 0.1) is 0 Å². The van der Waals surface area contributed by atoms with E-state index in [1.54, 1.807) is 0 Å². The summed E-state index contributed by atoms with van der Waals surface area (Å²) in [6.45, 7) is 4.28. The first-order valence-corrected chi connectivity index (χ1v) is 36.3. The van der Waals surface area contributed by atoms with E-state index in [1.165, 1.54) is 283 Å². The molecule has 0 heterocycles. The maximum absolute atomic E-state index is 12.6. The number of carbonyl (C=O) groups excluding carboxylic acids is 1. The molecular formula is C77H141NO3. The van der Waals surface area contributed by atoms with Crippen LogP contribution in [0.15, 0.2) is 85.1 Å². The van der Waals surface area contributed by atoms with Crippen molar-refractivity contribution in [2.45, 2.75) is 392 Å². The molecule has 0 saturated carbocycles. The molecule has 0 radical (unpaired) electrons. The Morgan fingerprint density at radius 1 is 0.309 bits per heavy atom. The van der Waals surface area contributed by atoms with Crippen LogP contribution in [0.1, 0.15) is 380 Å². The molecular weight excluding hydrogens is 987 g/mol. The summed E-state index contributed by atoms with van der Waals surface area (Å²) in [5.74, 6) is -0.0267. The van der Waals surface area contributed by atoms with Gasteiger partial charge in [-0.2, -0.15) is 0 Å². The molecule has 2 atom stereocenters. The summed E-state index contributed by atoms with van der Waals surface area (Å²) >= 11 is 0. The number of allylic oxidation sites excluding steroid dienone is 14. The highest BCUT2D eigenvalue weighted by molar-refractivity contribution is 5.76. The number of hydrogen-bond acceptors (Lipinski definition) is 3. The Morgan fingerprint density at radius 3 is 0.815 bits per heavy atom. The monoisotopic (exact) mass is 1130 g/mol. The third-order valence-electron chi connectivity index (χ3n) is 16.7. The first-order chi connectivity index (χ1) is 40.2. The zero-order chi connectivity index (χ0) is 58.4. The average molecular weight is 1130 g/mol. The lowest BCUT2D eigenvalue weighted by Gasteiger charge is -2.22. The molecule has 81 heavy (non-hydrogen) atoms. The predicted molar refractivity (Wildman–Crippen MR) is 364 cm³/mol. The Morgan fingerprint density at radius 2 is 0.543 bits per heavy atom. The number of amides is 1. The van der Waals surface area contributed by atoms with Crippen LogP contribution in [0.25, 0.3) is 0 Å². The second-order valence-electron chi connectivity index (χ2n) is 24.6.